The number of rotatable bonds is 10. The molecule has 0 aliphatic carbocycles. The largest absolute Gasteiger partial charge is 0.473 e. The molecule has 0 saturated carbocycles. The topological polar surface area (TPSA) is 121 Å². The molecule has 0 unspecified atom stereocenters. The van der Waals surface area contributed by atoms with Gasteiger partial charge in [-0.2, -0.15) is 5.26 Å². The maximum atomic E-state index is 14.3. The number of halogens is 1. The minimum absolute atomic E-state index is 0.0696. The van der Waals surface area contributed by atoms with Crippen molar-refractivity contribution in [3.63, 3.8) is 0 Å². The van der Waals surface area contributed by atoms with Gasteiger partial charge in [-0.05, 0) is 49.4 Å². The molecule has 218 valence electrons. The second-order valence-electron chi connectivity index (χ2n) is 9.75. The van der Waals surface area contributed by atoms with E-state index in [1.807, 2.05) is 23.6 Å². The Hall–Kier alpha value is -5.34. The molecule has 0 aliphatic rings. The zero-order valence-electron chi connectivity index (χ0n) is 23.8. The molecule has 43 heavy (non-hydrogen) atoms. The van der Waals surface area contributed by atoms with E-state index in [9.17, 15) is 14.0 Å². The molecule has 3 heterocycles. The van der Waals surface area contributed by atoms with Gasteiger partial charge in [0, 0.05) is 42.6 Å². The van der Waals surface area contributed by atoms with E-state index in [2.05, 4.69) is 4.98 Å². The van der Waals surface area contributed by atoms with E-state index in [0.29, 0.717) is 52.6 Å². The summed E-state index contributed by atoms with van der Waals surface area (Å²) in [6.07, 6.45) is 0. The molecule has 0 atom stereocenters. The molecule has 5 aromatic rings. The van der Waals surface area contributed by atoms with E-state index in [1.165, 1.54) is 25.3 Å². The average molecular weight is 582 g/mol. The molecule has 0 amide bonds. The van der Waals surface area contributed by atoms with Crippen molar-refractivity contribution < 1.29 is 23.4 Å². The number of nitriles is 1. The van der Waals surface area contributed by atoms with Crippen LogP contribution in [0, 0.1) is 24.1 Å². The highest BCUT2D eigenvalue weighted by molar-refractivity contribution is 5.93. The number of methoxy groups -OCH3 is 2. The molecule has 10 nitrogen and oxygen atoms in total. The summed E-state index contributed by atoms with van der Waals surface area (Å²) in [7, 11) is 2.93. The Bertz CT molecular complexity index is 1920. The van der Waals surface area contributed by atoms with Crippen LogP contribution in [0.15, 0.2) is 71.5 Å². The number of benzene rings is 2. The summed E-state index contributed by atoms with van der Waals surface area (Å²) in [5.74, 6) is -0.0824. The minimum Gasteiger partial charge on any atom is -0.473 e. The van der Waals surface area contributed by atoms with Crippen LogP contribution in [0.25, 0.3) is 22.3 Å². The van der Waals surface area contributed by atoms with E-state index in [4.69, 9.17) is 24.5 Å². The van der Waals surface area contributed by atoms with Gasteiger partial charge in [-0.15, -0.1) is 0 Å². The Balaban J connectivity index is 1.41. The van der Waals surface area contributed by atoms with Gasteiger partial charge in [0.05, 0.1) is 54.2 Å². The fourth-order valence-corrected chi connectivity index (χ4v) is 4.73. The third kappa shape index (κ3) is 6.29. The third-order valence-corrected chi connectivity index (χ3v) is 6.98. The summed E-state index contributed by atoms with van der Waals surface area (Å²) in [6, 6.07) is 19.7. The molecule has 0 N–H and O–H groups in total. The smallest absolute Gasteiger partial charge is 0.337 e. The van der Waals surface area contributed by atoms with Crippen LogP contribution in [0.3, 0.4) is 0 Å². The number of esters is 1. The number of nitrogens with zero attached hydrogens (tertiary/aromatic N) is 5. The molecule has 5 rings (SSSR count). The van der Waals surface area contributed by atoms with Crippen LogP contribution in [0.2, 0.25) is 0 Å². The molecule has 11 heteroatoms. The highest BCUT2D eigenvalue weighted by atomic mass is 19.1. The lowest BCUT2D eigenvalue weighted by Crippen LogP contribution is -2.24. The maximum Gasteiger partial charge on any atom is 0.337 e. The summed E-state index contributed by atoms with van der Waals surface area (Å²) in [4.78, 5) is 34.7. The van der Waals surface area contributed by atoms with Crippen LogP contribution < -0.4 is 10.3 Å². The first kappa shape index (κ1) is 29.2. The van der Waals surface area contributed by atoms with Crippen molar-refractivity contribution in [1.82, 2.24) is 19.1 Å². The summed E-state index contributed by atoms with van der Waals surface area (Å²) in [5, 5.41) is 8.93. The normalized spacial score (nSPS) is 11.0. The van der Waals surface area contributed by atoms with Crippen LogP contribution in [-0.2, 0) is 29.2 Å². The Morgan fingerprint density at radius 3 is 2.58 bits per heavy atom. The van der Waals surface area contributed by atoms with E-state index in [0.717, 1.165) is 11.6 Å². The summed E-state index contributed by atoms with van der Waals surface area (Å²) in [5.41, 5.74) is 3.91. The van der Waals surface area contributed by atoms with Crippen molar-refractivity contribution >= 4 is 17.0 Å². The number of carbonyl (C=O) groups is 1. The number of hydrogen-bond acceptors (Lipinski definition) is 8. The first-order chi connectivity index (χ1) is 20.8. The van der Waals surface area contributed by atoms with Crippen LogP contribution in [0.1, 0.15) is 33.0 Å². The number of ether oxygens (including phenoxy) is 3. The maximum absolute atomic E-state index is 14.3. The van der Waals surface area contributed by atoms with Gasteiger partial charge in [0.15, 0.2) is 0 Å². The van der Waals surface area contributed by atoms with Gasteiger partial charge in [0.25, 0.3) is 5.56 Å². The molecule has 2 aromatic carbocycles. The Morgan fingerprint density at radius 1 is 1.02 bits per heavy atom. The number of hydrogen-bond donors (Lipinski definition) is 0. The van der Waals surface area contributed by atoms with Gasteiger partial charge in [-0.1, -0.05) is 12.1 Å². The Morgan fingerprint density at radius 2 is 1.86 bits per heavy atom. The van der Waals surface area contributed by atoms with Crippen molar-refractivity contribution in [2.24, 2.45) is 0 Å². The minimum atomic E-state index is -0.533. The van der Waals surface area contributed by atoms with Gasteiger partial charge in [-0.3, -0.25) is 4.79 Å². The summed E-state index contributed by atoms with van der Waals surface area (Å²) < 4.78 is 33.7. The summed E-state index contributed by atoms with van der Waals surface area (Å²) in [6.45, 7) is 2.84. The van der Waals surface area contributed by atoms with Gasteiger partial charge < -0.3 is 23.3 Å². The van der Waals surface area contributed by atoms with Gasteiger partial charge in [-0.25, -0.2) is 19.2 Å². The van der Waals surface area contributed by atoms with Crippen LogP contribution in [0.5, 0.6) is 5.88 Å². The lowest BCUT2D eigenvalue weighted by Gasteiger charge is -2.14. The van der Waals surface area contributed by atoms with E-state index in [-0.39, 0.29) is 30.2 Å². The first-order valence-electron chi connectivity index (χ1n) is 13.4. The van der Waals surface area contributed by atoms with E-state index in [1.54, 1.807) is 48.1 Å². The van der Waals surface area contributed by atoms with E-state index >= 15 is 0 Å². The quantitative estimate of drug-likeness (QED) is 0.219. The fraction of sp³-hybridized carbons (Fsp3) is 0.219. The fourth-order valence-electron chi connectivity index (χ4n) is 4.73. The van der Waals surface area contributed by atoms with Crippen molar-refractivity contribution in [3.05, 3.63) is 111 Å². The molecule has 3 aromatic heterocycles. The van der Waals surface area contributed by atoms with Gasteiger partial charge >= 0.3 is 5.97 Å². The van der Waals surface area contributed by atoms with Gasteiger partial charge in [0.2, 0.25) is 5.88 Å². The number of aryl methyl sites for hydroxylation is 1. The highest BCUT2D eigenvalue weighted by Gasteiger charge is 2.17. The molecule has 0 saturated heterocycles. The van der Waals surface area contributed by atoms with Crippen molar-refractivity contribution in [2.45, 2.75) is 26.6 Å². The molecule has 0 fully saturated rings. The SMILES string of the molecule is COCCn1c(Cn2c(C)cc(-c3cccc(OCc4ccc(C#N)cc4F)n3)cc2=O)nc2ccc(C(=O)OC)cc21. The molecule has 0 radical (unpaired) electrons. The Labute approximate surface area is 246 Å². The number of imidazole rings is 1. The third-order valence-electron chi connectivity index (χ3n) is 6.98. The predicted octanol–water partition coefficient (Wildman–Crippen LogP) is 4.64. The van der Waals surface area contributed by atoms with E-state index < -0.39 is 11.8 Å². The lowest BCUT2D eigenvalue weighted by molar-refractivity contribution is 0.0601. The molecule has 0 spiro atoms. The van der Waals surface area contributed by atoms with Crippen molar-refractivity contribution in [2.75, 3.05) is 20.8 Å². The van der Waals surface area contributed by atoms with Crippen molar-refractivity contribution in [3.8, 4) is 23.2 Å². The zero-order chi connectivity index (χ0) is 30.5. The second kappa shape index (κ2) is 12.7. The molecule has 0 aliphatic heterocycles. The molecular formula is C32H28FN5O5. The second-order valence-corrected chi connectivity index (χ2v) is 9.75. The molecular weight excluding hydrogens is 553 g/mol. The zero-order valence-corrected chi connectivity index (χ0v) is 23.8. The van der Waals surface area contributed by atoms with Gasteiger partial charge in [0.1, 0.15) is 18.2 Å². The first-order valence-corrected chi connectivity index (χ1v) is 13.4. The highest BCUT2D eigenvalue weighted by Crippen LogP contribution is 2.23. The van der Waals surface area contributed by atoms with Crippen LogP contribution >= 0.6 is 0 Å². The predicted molar refractivity (Wildman–Crippen MR) is 156 cm³/mol. The number of aromatic nitrogens is 4. The number of carbonyl (C=O) groups excluding carboxylic acids is 1. The average Bonchev–Trinajstić information content (AvgIpc) is 3.36. The lowest BCUT2D eigenvalue weighted by atomic mass is 10.1. The number of fused-ring (bicyclic) bond motifs is 1. The summed E-state index contributed by atoms with van der Waals surface area (Å²) >= 11 is 0. The Kier molecular flexibility index (Phi) is 8.59. The number of pyridine rings is 2. The van der Waals surface area contributed by atoms with Crippen molar-refractivity contribution in [1.29, 1.82) is 5.26 Å². The van der Waals surface area contributed by atoms with Crippen LogP contribution in [-0.4, -0.2) is 45.9 Å². The standard InChI is InChI=1S/C32H28FN5O5/c1-20-13-24(26-5-4-6-30(36-26)43-19-23-8-7-21(17-34)14-25(23)33)16-31(39)38(20)18-29-35-27-10-9-22(32(40)42-3)15-28(27)37(29)11-12-41-2/h4-10,13-16H,11-12,18-19H2,1-3H3. The monoisotopic (exact) mass is 581 g/mol. The molecule has 0 bridgehead atoms. The van der Waals surface area contributed by atoms with Crippen LogP contribution in [0.4, 0.5) is 4.39 Å².